The van der Waals surface area contributed by atoms with Crippen molar-refractivity contribution in [3.63, 3.8) is 0 Å². The summed E-state index contributed by atoms with van der Waals surface area (Å²) in [5.41, 5.74) is 2.83. The first kappa shape index (κ1) is 15.4. The Kier molecular flexibility index (Phi) is 8.77. The fourth-order valence-corrected chi connectivity index (χ4v) is 1.58. The maximum Gasteiger partial charge on any atom is -0.0238 e. The van der Waals surface area contributed by atoms with E-state index in [1.165, 1.54) is 11.1 Å². The smallest absolute Gasteiger partial charge is 0.0238 e. The lowest BCUT2D eigenvalue weighted by Crippen LogP contribution is -1.89. The highest BCUT2D eigenvalue weighted by atomic mass is 14.0. The monoisotopic (exact) mass is 228 g/mol. The van der Waals surface area contributed by atoms with Crippen LogP contribution in [0.3, 0.4) is 0 Å². The molecule has 2 rings (SSSR count). The van der Waals surface area contributed by atoms with Gasteiger partial charge in [-0.1, -0.05) is 81.9 Å². The first-order valence-electron chi connectivity index (χ1n) is 6.03. The Morgan fingerprint density at radius 1 is 0.588 bits per heavy atom. The highest BCUT2D eigenvalue weighted by Crippen LogP contribution is 2.06. The van der Waals surface area contributed by atoms with Crippen molar-refractivity contribution in [2.75, 3.05) is 0 Å². The van der Waals surface area contributed by atoms with Crippen LogP contribution in [0.15, 0.2) is 60.7 Å². The van der Waals surface area contributed by atoms with Crippen LogP contribution in [0, 0.1) is 0 Å². The van der Waals surface area contributed by atoms with E-state index in [0.29, 0.717) is 0 Å². The zero-order valence-corrected chi connectivity index (χ0v) is 10.2. The summed E-state index contributed by atoms with van der Waals surface area (Å²) < 4.78 is 0. The van der Waals surface area contributed by atoms with Crippen LogP contribution in [-0.4, -0.2) is 0 Å². The normalized spacial score (nSPS) is 8.59. The molecule has 0 aliphatic carbocycles. The molecule has 0 unspecified atom stereocenters. The molecule has 0 fully saturated rings. The molecule has 0 amide bonds. The second-order valence-corrected chi connectivity index (χ2v) is 3.47. The summed E-state index contributed by atoms with van der Waals surface area (Å²) in [7, 11) is 0. The topological polar surface area (TPSA) is 0 Å². The standard InChI is InChI=1S/C14H14.C2H6.CH4/c1-3-7-13(8-4-1)11-12-14-9-5-2-6-10-14;1-2;/h1-10H,11-12H2;1-2H3;1H4. The van der Waals surface area contributed by atoms with Gasteiger partial charge in [-0.25, -0.2) is 0 Å². The van der Waals surface area contributed by atoms with Gasteiger partial charge in [-0.2, -0.15) is 0 Å². The Bertz CT molecular complexity index is 322. The van der Waals surface area contributed by atoms with Crippen LogP contribution in [0.4, 0.5) is 0 Å². The average molecular weight is 228 g/mol. The summed E-state index contributed by atoms with van der Waals surface area (Å²) in [6.45, 7) is 4.00. The van der Waals surface area contributed by atoms with Crippen LogP contribution < -0.4 is 0 Å². The molecule has 17 heavy (non-hydrogen) atoms. The highest BCUT2D eigenvalue weighted by molar-refractivity contribution is 5.19. The van der Waals surface area contributed by atoms with Crippen molar-refractivity contribution in [1.82, 2.24) is 0 Å². The molecular weight excluding hydrogens is 204 g/mol. The largest absolute Gasteiger partial charge is 0.0776 e. The molecule has 0 spiro atoms. The molecule has 0 N–H and O–H groups in total. The SMILES string of the molecule is C.CC.c1ccc(CCc2ccccc2)cc1. The molecule has 92 valence electrons. The summed E-state index contributed by atoms with van der Waals surface area (Å²) in [4.78, 5) is 0. The van der Waals surface area contributed by atoms with Gasteiger partial charge in [0.25, 0.3) is 0 Å². The second kappa shape index (κ2) is 9.65. The predicted molar refractivity (Wildman–Crippen MR) is 78.4 cm³/mol. The van der Waals surface area contributed by atoms with Crippen molar-refractivity contribution >= 4 is 0 Å². The van der Waals surface area contributed by atoms with Gasteiger partial charge in [-0.05, 0) is 24.0 Å². The maximum atomic E-state index is 2.18. The zero-order chi connectivity index (χ0) is 11.6. The second-order valence-electron chi connectivity index (χ2n) is 3.47. The molecule has 2 aromatic carbocycles. The van der Waals surface area contributed by atoms with Gasteiger partial charge in [0.05, 0.1) is 0 Å². The van der Waals surface area contributed by atoms with Crippen molar-refractivity contribution in [3.8, 4) is 0 Å². The van der Waals surface area contributed by atoms with Crippen molar-refractivity contribution in [3.05, 3.63) is 71.8 Å². The number of hydrogen-bond donors (Lipinski definition) is 0. The van der Waals surface area contributed by atoms with Crippen LogP contribution in [0.2, 0.25) is 0 Å². The summed E-state index contributed by atoms with van der Waals surface area (Å²) in [5.74, 6) is 0. The molecule has 0 aliphatic heterocycles. The van der Waals surface area contributed by atoms with Gasteiger partial charge in [0.2, 0.25) is 0 Å². The minimum Gasteiger partial charge on any atom is -0.0776 e. The van der Waals surface area contributed by atoms with Crippen LogP contribution in [0.25, 0.3) is 0 Å². The van der Waals surface area contributed by atoms with E-state index in [1.807, 2.05) is 13.8 Å². The fraction of sp³-hybridized carbons (Fsp3) is 0.294. The predicted octanol–water partition coefficient (Wildman–Crippen LogP) is 5.13. The number of benzene rings is 2. The van der Waals surface area contributed by atoms with Crippen LogP contribution >= 0.6 is 0 Å². The quantitative estimate of drug-likeness (QED) is 0.683. The van der Waals surface area contributed by atoms with E-state index in [0.717, 1.165) is 12.8 Å². The van der Waals surface area contributed by atoms with Gasteiger partial charge in [0.15, 0.2) is 0 Å². The van der Waals surface area contributed by atoms with Crippen LogP contribution in [-0.2, 0) is 12.8 Å². The van der Waals surface area contributed by atoms with Gasteiger partial charge in [0, 0.05) is 0 Å². The highest BCUT2D eigenvalue weighted by Gasteiger charge is 1.93. The minimum absolute atomic E-state index is 0. The van der Waals surface area contributed by atoms with E-state index in [-0.39, 0.29) is 7.43 Å². The molecule has 0 atom stereocenters. The summed E-state index contributed by atoms with van der Waals surface area (Å²) in [5, 5.41) is 0. The number of rotatable bonds is 3. The van der Waals surface area contributed by atoms with Crippen molar-refractivity contribution < 1.29 is 0 Å². The Balaban J connectivity index is 0.000000811. The minimum atomic E-state index is 0. The molecule has 0 radical (unpaired) electrons. The van der Waals surface area contributed by atoms with E-state index in [9.17, 15) is 0 Å². The van der Waals surface area contributed by atoms with Crippen LogP contribution in [0.1, 0.15) is 32.4 Å². The third-order valence-electron chi connectivity index (χ3n) is 2.39. The lowest BCUT2D eigenvalue weighted by Gasteiger charge is -2.01. The van der Waals surface area contributed by atoms with Gasteiger partial charge in [-0.15, -0.1) is 0 Å². The van der Waals surface area contributed by atoms with Gasteiger partial charge in [-0.3, -0.25) is 0 Å². The lowest BCUT2D eigenvalue weighted by molar-refractivity contribution is 0.960. The molecule has 0 heteroatoms. The van der Waals surface area contributed by atoms with Gasteiger partial charge >= 0.3 is 0 Å². The van der Waals surface area contributed by atoms with Gasteiger partial charge in [0.1, 0.15) is 0 Å². The Labute approximate surface area is 106 Å². The molecule has 0 saturated carbocycles. The number of aryl methyl sites for hydroxylation is 2. The summed E-state index contributed by atoms with van der Waals surface area (Å²) in [6, 6.07) is 21.2. The maximum absolute atomic E-state index is 2.18. The van der Waals surface area contributed by atoms with E-state index in [2.05, 4.69) is 60.7 Å². The molecule has 0 saturated heterocycles. The van der Waals surface area contributed by atoms with Crippen molar-refractivity contribution in [2.45, 2.75) is 34.1 Å². The Hall–Kier alpha value is -1.56. The average Bonchev–Trinajstić information content (AvgIpc) is 2.41. The molecule has 0 aromatic heterocycles. The molecule has 0 bridgehead atoms. The Morgan fingerprint density at radius 3 is 1.18 bits per heavy atom. The third-order valence-corrected chi connectivity index (χ3v) is 2.39. The van der Waals surface area contributed by atoms with E-state index in [1.54, 1.807) is 0 Å². The summed E-state index contributed by atoms with van der Waals surface area (Å²) >= 11 is 0. The van der Waals surface area contributed by atoms with Gasteiger partial charge < -0.3 is 0 Å². The zero-order valence-electron chi connectivity index (χ0n) is 10.2. The molecule has 2 aromatic rings. The lowest BCUT2D eigenvalue weighted by atomic mass is 10.0. The third kappa shape index (κ3) is 5.91. The molecule has 0 aliphatic rings. The van der Waals surface area contributed by atoms with E-state index in [4.69, 9.17) is 0 Å². The summed E-state index contributed by atoms with van der Waals surface area (Å²) in [6.07, 6.45) is 2.26. The van der Waals surface area contributed by atoms with Crippen molar-refractivity contribution in [2.24, 2.45) is 0 Å². The fourth-order valence-electron chi connectivity index (χ4n) is 1.58. The van der Waals surface area contributed by atoms with Crippen LogP contribution in [0.5, 0.6) is 0 Å². The molecular formula is C17H24. The van der Waals surface area contributed by atoms with Crippen molar-refractivity contribution in [1.29, 1.82) is 0 Å². The van der Waals surface area contributed by atoms with E-state index < -0.39 is 0 Å². The number of hydrogen-bond acceptors (Lipinski definition) is 0. The Morgan fingerprint density at radius 2 is 0.882 bits per heavy atom. The van der Waals surface area contributed by atoms with E-state index >= 15 is 0 Å². The molecule has 0 heterocycles. The molecule has 0 nitrogen and oxygen atoms in total. The first-order chi connectivity index (χ1) is 7.95. The first-order valence-corrected chi connectivity index (χ1v) is 6.03.